The van der Waals surface area contributed by atoms with Crippen molar-refractivity contribution < 1.29 is 67.0 Å². The first-order valence-electron chi connectivity index (χ1n) is 35.0. The molecule has 4 aliphatic rings. The van der Waals surface area contributed by atoms with E-state index in [2.05, 4.69) is 45.0 Å². The van der Waals surface area contributed by atoms with E-state index in [0.29, 0.717) is 50.9 Å². The second kappa shape index (κ2) is 31.4. The molecule has 8 atom stereocenters. The number of benzene rings is 2. The summed E-state index contributed by atoms with van der Waals surface area (Å²) in [6.45, 7) is 29.9. The number of β-amino-alcohol motifs (C(OH)–C–C–N with tert-alkyl or cyclic N) is 2. The smallest absolute Gasteiger partial charge is 0.410 e. The summed E-state index contributed by atoms with van der Waals surface area (Å²) in [6, 6.07) is 20.7. The third-order valence-corrected chi connectivity index (χ3v) is 19.4. The number of hydrogen-bond acceptors (Lipinski definition) is 18. The van der Waals surface area contributed by atoms with Gasteiger partial charge in [0, 0.05) is 102 Å². The molecular weight excluding hydrogens is 1280 g/mol. The molecule has 8 heterocycles. The van der Waals surface area contributed by atoms with Crippen molar-refractivity contribution in [1.29, 1.82) is 0 Å². The number of aliphatic hydroxyl groups excluding tert-OH is 2. The molecule has 2 aromatic carbocycles. The molecule has 0 spiro atoms. The SMILES string of the molecule is CC(C)C(C(=O)N1C[C@H](O)C[C@H]1C(=O)N[C@@H](C)c1ccc(-c2ccnn2C)cc1)c1cc(OCC2(C)CCN(C(=O)OC(C)(C)C)CC2)no1.CC(C)C(C(=O)N1C[C@H](O)C[C@H]1C(=O)N[C@@H](C)c1ccc(-c2ccnn2C)cc1)c1cc(OCC2(C)CCN(C(=O)OC(C)(C)C)CC2)no1. The molecule has 4 saturated heterocycles. The van der Waals surface area contributed by atoms with Gasteiger partial charge in [-0.05, 0) is 138 Å². The van der Waals surface area contributed by atoms with Crippen molar-refractivity contribution in [1.82, 2.24) is 60.1 Å². The number of amides is 6. The Balaban J connectivity index is 0.000000233. The highest BCUT2D eigenvalue weighted by molar-refractivity contribution is 5.92. The van der Waals surface area contributed by atoms with Crippen LogP contribution in [0.4, 0.5) is 9.59 Å². The van der Waals surface area contributed by atoms with Gasteiger partial charge in [0.1, 0.15) is 35.1 Å². The quantitative estimate of drug-likeness (QED) is 0.0552. The second-order valence-corrected chi connectivity index (χ2v) is 30.9. The van der Waals surface area contributed by atoms with E-state index >= 15 is 0 Å². The maximum Gasteiger partial charge on any atom is 0.410 e. The van der Waals surface area contributed by atoms with Crippen LogP contribution in [0.1, 0.15) is 182 Å². The summed E-state index contributed by atoms with van der Waals surface area (Å²) in [4.78, 5) is 86.7. The molecule has 4 N–H and O–H groups in total. The normalized spacial score (nSPS) is 20.4. The molecule has 10 rings (SSSR count). The number of nitrogens with one attached hydrogen (secondary N) is 2. The molecule has 2 unspecified atom stereocenters. The molecular formula is C74H104N12O14. The predicted molar refractivity (Wildman–Crippen MR) is 372 cm³/mol. The van der Waals surface area contributed by atoms with E-state index in [4.69, 9.17) is 28.0 Å². The number of piperidine rings is 2. The van der Waals surface area contributed by atoms with Crippen molar-refractivity contribution in [2.45, 2.75) is 195 Å². The van der Waals surface area contributed by atoms with Crippen LogP contribution in [0.2, 0.25) is 0 Å². The van der Waals surface area contributed by atoms with Crippen LogP contribution in [0.25, 0.3) is 22.5 Å². The van der Waals surface area contributed by atoms with E-state index in [0.717, 1.165) is 59.3 Å². The zero-order valence-corrected chi connectivity index (χ0v) is 61.0. The molecule has 0 radical (unpaired) electrons. The molecule has 100 heavy (non-hydrogen) atoms. The lowest BCUT2D eigenvalue weighted by Crippen LogP contribution is -2.48. The summed E-state index contributed by atoms with van der Waals surface area (Å²) in [5, 5.41) is 44.0. The average Bonchev–Trinajstić information content (AvgIpc) is 1.62. The first-order chi connectivity index (χ1) is 47.1. The van der Waals surface area contributed by atoms with Crippen LogP contribution in [0, 0.1) is 22.7 Å². The van der Waals surface area contributed by atoms with E-state index in [1.165, 1.54) is 9.80 Å². The Morgan fingerprint density at radius 2 is 0.890 bits per heavy atom. The van der Waals surface area contributed by atoms with Crippen molar-refractivity contribution in [3.05, 3.63) is 108 Å². The van der Waals surface area contributed by atoms with Gasteiger partial charge in [0.2, 0.25) is 23.6 Å². The summed E-state index contributed by atoms with van der Waals surface area (Å²) in [5.74, 6) is -1.88. The van der Waals surface area contributed by atoms with Gasteiger partial charge in [-0.1, -0.05) is 90.1 Å². The zero-order valence-electron chi connectivity index (χ0n) is 61.0. The van der Waals surface area contributed by atoms with Crippen molar-refractivity contribution in [2.24, 2.45) is 36.8 Å². The van der Waals surface area contributed by atoms with Crippen LogP contribution >= 0.6 is 0 Å². The Morgan fingerprint density at radius 1 is 0.550 bits per heavy atom. The minimum absolute atomic E-state index is 0.0457. The third kappa shape index (κ3) is 19.0. The van der Waals surface area contributed by atoms with Crippen LogP contribution in [-0.4, -0.2) is 183 Å². The summed E-state index contributed by atoms with van der Waals surface area (Å²) < 4.78 is 38.1. The van der Waals surface area contributed by atoms with Gasteiger partial charge in [0.25, 0.3) is 11.8 Å². The molecule has 0 aliphatic carbocycles. The standard InChI is InChI=1S/2C37H52N6O7/c2*1-23(2)32(30-20-31(40-50-30)48-22-37(7)14-17-42(18-15-37)35(47)49-36(4,5)6)34(46)43-21-27(44)19-29(43)33(45)39-24(3)25-9-11-26(12-10-25)28-13-16-38-41(28)8/h2*9-13,16,20,23-24,27,29,32,44H,14-15,17-19,21-22H2,1-8H3,(H,39,45)/t2*24-,27+,29-,32?/m00/s1. The minimum Gasteiger partial charge on any atom is -0.475 e. The molecule has 4 aliphatic heterocycles. The molecule has 26 nitrogen and oxygen atoms in total. The summed E-state index contributed by atoms with van der Waals surface area (Å²) >= 11 is 0. The number of nitrogens with zero attached hydrogens (tertiary/aromatic N) is 10. The van der Waals surface area contributed by atoms with Gasteiger partial charge >= 0.3 is 12.2 Å². The Hall–Kier alpha value is -8.78. The number of aryl methyl sites for hydroxylation is 2. The summed E-state index contributed by atoms with van der Waals surface area (Å²) in [5.41, 5.74) is 4.36. The third-order valence-electron chi connectivity index (χ3n) is 19.4. The topological polar surface area (TPSA) is 305 Å². The maximum absolute atomic E-state index is 14.1. The van der Waals surface area contributed by atoms with Gasteiger partial charge in [0.05, 0.1) is 48.9 Å². The van der Waals surface area contributed by atoms with Gasteiger partial charge in [-0.25, -0.2) is 9.59 Å². The monoisotopic (exact) mass is 1380 g/mol. The van der Waals surface area contributed by atoms with E-state index in [1.54, 1.807) is 43.7 Å². The molecule has 4 aromatic heterocycles. The minimum atomic E-state index is -0.833. The van der Waals surface area contributed by atoms with Crippen molar-refractivity contribution in [3.63, 3.8) is 0 Å². The lowest BCUT2D eigenvalue weighted by atomic mass is 9.81. The van der Waals surface area contributed by atoms with E-state index < -0.39 is 47.3 Å². The highest BCUT2D eigenvalue weighted by Gasteiger charge is 2.46. The molecule has 4 fully saturated rings. The molecule has 26 heteroatoms. The van der Waals surface area contributed by atoms with Crippen molar-refractivity contribution in [2.75, 3.05) is 52.5 Å². The molecule has 6 amide bonds. The van der Waals surface area contributed by atoms with Crippen LogP contribution < -0.4 is 20.1 Å². The summed E-state index contributed by atoms with van der Waals surface area (Å²) in [7, 11) is 3.77. The second-order valence-electron chi connectivity index (χ2n) is 30.9. The zero-order chi connectivity index (χ0) is 72.8. The van der Waals surface area contributed by atoms with Gasteiger partial charge in [-0.3, -0.25) is 28.5 Å². The molecule has 544 valence electrons. The Bertz CT molecular complexity index is 3510. The van der Waals surface area contributed by atoms with Crippen molar-refractivity contribution in [3.8, 4) is 34.3 Å². The predicted octanol–water partition coefficient (Wildman–Crippen LogP) is 10.1. The highest BCUT2D eigenvalue weighted by atomic mass is 16.6. The van der Waals surface area contributed by atoms with Crippen LogP contribution in [-0.2, 0) is 42.7 Å². The fourth-order valence-electron chi connectivity index (χ4n) is 13.3. The van der Waals surface area contributed by atoms with Gasteiger partial charge in [-0.15, -0.1) is 0 Å². The number of likely N-dealkylation sites (tertiary alicyclic amines) is 4. The largest absolute Gasteiger partial charge is 0.475 e. The molecule has 0 saturated carbocycles. The van der Waals surface area contributed by atoms with E-state index in [-0.39, 0.29) is 108 Å². The lowest BCUT2D eigenvalue weighted by Gasteiger charge is -2.39. The number of carbonyl (C=O) groups is 6. The lowest BCUT2D eigenvalue weighted by molar-refractivity contribution is -0.141. The van der Waals surface area contributed by atoms with Crippen molar-refractivity contribution >= 4 is 35.8 Å². The number of aliphatic hydroxyl groups is 2. The van der Waals surface area contributed by atoms with Gasteiger partial charge in [0.15, 0.2) is 11.5 Å². The number of rotatable bonds is 20. The number of aromatic nitrogens is 6. The van der Waals surface area contributed by atoms with Crippen LogP contribution in [0.5, 0.6) is 11.8 Å². The summed E-state index contributed by atoms with van der Waals surface area (Å²) in [6.07, 6.45) is 4.45. The Labute approximate surface area is 586 Å². The first kappa shape index (κ1) is 75.4. The number of carbonyl (C=O) groups excluding carboxylic acids is 6. The fourth-order valence-corrected chi connectivity index (χ4v) is 13.3. The number of ether oxygens (including phenoxy) is 4. The Kier molecular flexibility index (Phi) is 23.7. The fraction of sp³-hybridized carbons (Fsp3) is 0.595. The van der Waals surface area contributed by atoms with Gasteiger partial charge < -0.3 is 68.4 Å². The van der Waals surface area contributed by atoms with E-state index in [1.807, 2.05) is 158 Å². The molecule has 6 aromatic rings. The van der Waals surface area contributed by atoms with Gasteiger partial charge in [-0.2, -0.15) is 10.2 Å². The average molecular weight is 1390 g/mol. The molecule has 0 bridgehead atoms. The number of hydrogen-bond donors (Lipinski definition) is 4. The highest BCUT2D eigenvalue weighted by Crippen LogP contribution is 2.39. The Morgan fingerprint density at radius 3 is 1.19 bits per heavy atom. The van der Waals surface area contributed by atoms with E-state index in [9.17, 15) is 39.0 Å². The van der Waals surface area contributed by atoms with Crippen LogP contribution in [0.15, 0.2) is 94.2 Å². The van der Waals surface area contributed by atoms with Crippen LogP contribution in [0.3, 0.4) is 0 Å². The first-order valence-corrected chi connectivity index (χ1v) is 35.0. The maximum atomic E-state index is 14.1.